The van der Waals surface area contributed by atoms with Crippen molar-refractivity contribution in [3.8, 4) is 0 Å². The van der Waals surface area contributed by atoms with Gasteiger partial charge in [0.05, 0.1) is 11.5 Å². The zero-order valence-corrected chi connectivity index (χ0v) is 11.6. The molecular formula is C9H18O6S2. The van der Waals surface area contributed by atoms with Crippen molar-refractivity contribution < 1.29 is 25.2 Å². The third-order valence-corrected chi connectivity index (χ3v) is 5.13. The fourth-order valence-corrected chi connectivity index (χ4v) is 3.09. The molecule has 1 fully saturated rings. The highest BCUT2D eigenvalue weighted by atomic mass is 32.2. The molecule has 0 aromatic rings. The maximum absolute atomic E-state index is 11.3. The maximum Gasteiger partial charge on any atom is 0.267 e. The van der Waals surface area contributed by atoms with Gasteiger partial charge in [-0.25, -0.2) is 0 Å². The lowest BCUT2D eigenvalue weighted by Gasteiger charge is -2.19. The molecule has 1 aliphatic carbocycles. The molecule has 0 amide bonds. The zero-order chi connectivity index (χ0) is 13.1. The lowest BCUT2D eigenvalue weighted by molar-refractivity contribution is 0.0875. The van der Waals surface area contributed by atoms with E-state index in [0.29, 0.717) is 19.3 Å². The molecule has 0 spiro atoms. The Balaban J connectivity index is 2.68. The van der Waals surface area contributed by atoms with Crippen LogP contribution in [0.4, 0.5) is 0 Å². The molecule has 0 aromatic heterocycles. The van der Waals surface area contributed by atoms with Gasteiger partial charge in [0.25, 0.3) is 20.2 Å². The monoisotopic (exact) mass is 286 g/mol. The first kappa shape index (κ1) is 14.9. The van der Waals surface area contributed by atoms with Crippen molar-refractivity contribution in [3.63, 3.8) is 0 Å². The molecule has 0 saturated heterocycles. The van der Waals surface area contributed by atoms with Crippen molar-refractivity contribution in [3.05, 3.63) is 0 Å². The Hall–Kier alpha value is -0.180. The van der Waals surface area contributed by atoms with Gasteiger partial charge in [0.1, 0.15) is 12.2 Å². The molecule has 1 aliphatic rings. The van der Waals surface area contributed by atoms with Gasteiger partial charge in [0.15, 0.2) is 0 Å². The quantitative estimate of drug-likeness (QED) is 0.666. The normalized spacial score (nSPS) is 26.2. The number of hydrogen-bond acceptors (Lipinski definition) is 6. The van der Waals surface area contributed by atoms with E-state index in [4.69, 9.17) is 8.37 Å². The smallest absolute Gasteiger partial charge is 0.264 e. The molecule has 0 N–H and O–H groups in total. The van der Waals surface area contributed by atoms with Crippen molar-refractivity contribution in [2.75, 3.05) is 11.5 Å². The van der Waals surface area contributed by atoms with Crippen molar-refractivity contribution >= 4 is 20.2 Å². The van der Waals surface area contributed by atoms with Gasteiger partial charge in [-0.3, -0.25) is 8.37 Å². The summed E-state index contributed by atoms with van der Waals surface area (Å²) in [5.74, 6) is -0.256. The average molecular weight is 286 g/mol. The first-order valence-corrected chi connectivity index (χ1v) is 8.77. The van der Waals surface area contributed by atoms with E-state index in [1.807, 2.05) is 0 Å². The maximum atomic E-state index is 11.3. The number of hydrogen-bond donors (Lipinski definition) is 0. The second-order valence-corrected chi connectivity index (χ2v) is 7.66. The minimum atomic E-state index is -3.57. The summed E-state index contributed by atoms with van der Waals surface area (Å²) in [6.45, 7) is 2.95. The predicted molar refractivity (Wildman–Crippen MR) is 62.5 cm³/mol. The van der Waals surface area contributed by atoms with Gasteiger partial charge < -0.3 is 0 Å². The fraction of sp³-hybridized carbons (Fsp3) is 1.00. The molecular weight excluding hydrogens is 268 g/mol. The van der Waals surface area contributed by atoms with Gasteiger partial charge in [0.2, 0.25) is 0 Å². The predicted octanol–water partition coefficient (Wildman–Crippen LogP) is 0.640. The van der Waals surface area contributed by atoms with Crippen LogP contribution in [0.3, 0.4) is 0 Å². The average Bonchev–Trinajstić information content (AvgIpc) is 2.64. The molecule has 0 heterocycles. The summed E-state index contributed by atoms with van der Waals surface area (Å²) in [7, 11) is -7.15. The highest BCUT2D eigenvalue weighted by molar-refractivity contribution is 7.87. The molecule has 2 atom stereocenters. The van der Waals surface area contributed by atoms with Gasteiger partial charge in [-0.2, -0.15) is 16.8 Å². The second-order valence-electron chi connectivity index (χ2n) is 3.89. The highest BCUT2D eigenvalue weighted by Crippen LogP contribution is 2.27. The van der Waals surface area contributed by atoms with Crippen molar-refractivity contribution in [1.29, 1.82) is 0 Å². The largest absolute Gasteiger partial charge is 0.267 e. The lowest BCUT2D eigenvalue weighted by atomic mass is 10.3. The van der Waals surface area contributed by atoms with Gasteiger partial charge in [-0.1, -0.05) is 0 Å². The molecule has 17 heavy (non-hydrogen) atoms. The van der Waals surface area contributed by atoms with E-state index >= 15 is 0 Å². The molecule has 0 bridgehead atoms. The third-order valence-electron chi connectivity index (χ3n) is 2.64. The third kappa shape index (κ3) is 4.53. The van der Waals surface area contributed by atoms with Gasteiger partial charge in [-0.15, -0.1) is 0 Å². The van der Waals surface area contributed by atoms with Crippen molar-refractivity contribution in [1.82, 2.24) is 0 Å². The molecule has 8 heteroatoms. The van der Waals surface area contributed by atoms with Crippen LogP contribution in [0.25, 0.3) is 0 Å². The van der Waals surface area contributed by atoms with Crippen LogP contribution in [0.2, 0.25) is 0 Å². The molecule has 1 saturated carbocycles. The first-order valence-electron chi connectivity index (χ1n) is 5.61. The van der Waals surface area contributed by atoms with Crippen LogP contribution < -0.4 is 0 Å². The highest BCUT2D eigenvalue weighted by Gasteiger charge is 2.35. The van der Waals surface area contributed by atoms with Crippen LogP contribution >= 0.6 is 0 Å². The second kappa shape index (κ2) is 5.64. The van der Waals surface area contributed by atoms with Crippen LogP contribution in [-0.2, 0) is 28.6 Å². The summed E-state index contributed by atoms with van der Waals surface area (Å²) in [6.07, 6.45) is 0.350. The summed E-state index contributed by atoms with van der Waals surface area (Å²) >= 11 is 0. The Labute approximate surface area is 103 Å². The van der Waals surface area contributed by atoms with Crippen LogP contribution in [-0.4, -0.2) is 40.5 Å². The van der Waals surface area contributed by atoms with E-state index in [0.717, 1.165) is 0 Å². The molecule has 0 radical (unpaired) electrons. The number of rotatable bonds is 6. The minimum absolute atomic E-state index is 0.128. The van der Waals surface area contributed by atoms with E-state index in [2.05, 4.69) is 0 Å². The Bertz CT molecular complexity index is 396. The summed E-state index contributed by atoms with van der Waals surface area (Å²) in [6, 6.07) is 0. The molecule has 1 rings (SSSR count). The van der Waals surface area contributed by atoms with Crippen LogP contribution in [0.5, 0.6) is 0 Å². The van der Waals surface area contributed by atoms with Crippen LogP contribution in [0.1, 0.15) is 33.1 Å². The summed E-state index contributed by atoms with van der Waals surface area (Å²) in [5.41, 5.74) is 0. The van der Waals surface area contributed by atoms with E-state index in [1.165, 1.54) is 13.8 Å². The molecule has 0 aromatic carbocycles. The molecule has 102 valence electrons. The van der Waals surface area contributed by atoms with Gasteiger partial charge in [-0.05, 0) is 33.1 Å². The summed E-state index contributed by atoms with van der Waals surface area (Å²) < 4.78 is 55.1. The Morgan fingerprint density at radius 2 is 1.24 bits per heavy atom. The van der Waals surface area contributed by atoms with E-state index in [-0.39, 0.29) is 11.5 Å². The summed E-state index contributed by atoms with van der Waals surface area (Å²) in [5, 5.41) is 0. The van der Waals surface area contributed by atoms with Gasteiger partial charge in [0, 0.05) is 0 Å². The van der Waals surface area contributed by atoms with Crippen molar-refractivity contribution in [2.24, 2.45) is 0 Å². The van der Waals surface area contributed by atoms with Gasteiger partial charge >= 0.3 is 0 Å². The Morgan fingerprint density at radius 1 is 0.882 bits per heavy atom. The van der Waals surface area contributed by atoms with Crippen LogP contribution in [0.15, 0.2) is 0 Å². The Morgan fingerprint density at radius 3 is 1.53 bits per heavy atom. The molecule has 0 aliphatic heterocycles. The topological polar surface area (TPSA) is 86.7 Å². The van der Waals surface area contributed by atoms with Crippen molar-refractivity contribution in [2.45, 2.75) is 45.3 Å². The first-order chi connectivity index (χ1) is 7.79. The minimum Gasteiger partial charge on any atom is -0.264 e. The fourth-order valence-electron chi connectivity index (χ4n) is 1.62. The lowest BCUT2D eigenvalue weighted by Crippen LogP contribution is -2.31. The SMILES string of the molecule is CCS(=O)(=O)OC1CCCC1OS(=O)(=O)CC. The molecule has 6 nitrogen and oxygen atoms in total. The van der Waals surface area contributed by atoms with E-state index in [1.54, 1.807) is 0 Å². The van der Waals surface area contributed by atoms with E-state index in [9.17, 15) is 16.8 Å². The standard InChI is InChI=1S/C9H18O6S2/c1-3-16(10,11)14-8-6-5-7-9(8)15-17(12,13)4-2/h8-9H,3-7H2,1-2H3. The summed E-state index contributed by atoms with van der Waals surface area (Å²) in [4.78, 5) is 0. The van der Waals surface area contributed by atoms with E-state index < -0.39 is 32.4 Å². The van der Waals surface area contributed by atoms with Crippen LogP contribution in [0, 0.1) is 0 Å². The zero-order valence-electron chi connectivity index (χ0n) is 9.96. The molecule has 2 unspecified atom stereocenters. The Kier molecular flexibility index (Phi) is 4.94.